The van der Waals surface area contributed by atoms with Crippen molar-refractivity contribution in [3.63, 3.8) is 0 Å². The summed E-state index contributed by atoms with van der Waals surface area (Å²) in [5.41, 5.74) is 2.41. The van der Waals surface area contributed by atoms with Crippen molar-refractivity contribution in [2.24, 2.45) is 18.4 Å². The Morgan fingerprint density at radius 2 is 2.09 bits per heavy atom. The highest BCUT2D eigenvalue weighted by molar-refractivity contribution is 7.97. The van der Waals surface area contributed by atoms with Gasteiger partial charge >= 0.3 is 0 Å². The van der Waals surface area contributed by atoms with Gasteiger partial charge in [-0.1, -0.05) is 0 Å². The van der Waals surface area contributed by atoms with Crippen LogP contribution in [0.4, 0.5) is 4.39 Å². The van der Waals surface area contributed by atoms with E-state index in [0.29, 0.717) is 18.0 Å². The van der Waals surface area contributed by atoms with Crippen LogP contribution < -0.4 is 0 Å². The molecule has 4 aromatic rings. The minimum atomic E-state index is -0.588. The van der Waals surface area contributed by atoms with Crippen molar-refractivity contribution in [2.45, 2.75) is 24.3 Å². The molecular formula is C23H22FN7OS2. The number of nitrogens with zero attached hydrogens (tertiary/aromatic N) is 7. The minimum absolute atomic E-state index is 0.108. The molecule has 6 rings (SSSR count). The van der Waals surface area contributed by atoms with Gasteiger partial charge < -0.3 is 0 Å². The Morgan fingerprint density at radius 3 is 2.82 bits per heavy atom. The standard InChI is InChI=1S/C23H22FN7OS2/c1-29-26-13-20(28-29)34-30-8-6-16-10-19-15(12-27-31(19)18-4-2-17(24)3-5-18)11-23(16,14-30)21(32)22-25-7-9-33-22/h2-5,7,9,12-13,16H,6,8,10-11,14H2,1H3. The maximum Gasteiger partial charge on any atom is 0.199 e. The molecule has 1 aliphatic carbocycles. The first-order valence-electron chi connectivity index (χ1n) is 11.1. The Bertz CT molecular complexity index is 1330. The smallest absolute Gasteiger partial charge is 0.199 e. The van der Waals surface area contributed by atoms with Crippen molar-refractivity contribution in [3.05, 3.63) is 70.3 Å². The van der Waals surface area contributed by atoms with Crippen LogP contribution in [-0.4, -0.2) is 52.9 Å². The van der Waals surface area contributed by atoms with Crippen LogP contribution >= 0.6 is 23.3 Å². The van der Waals surface area contributed by atoms with Crippen LogP contribution in [0.1, 0.15) is 27.5 Å². The highest BCUT2D eigenvalue weighted by Crippen LogP contribution is 2.49. The zero-order chi connectivity index (χ0) is 23.3. The van der Waals surface area contributed by atoms with Crippen molar-refractivity contribution in [3.8, 4) is 5.69 Å². The molecule has 4 heterocycles. The predicted molar refractivity (Wildman–Crippen MR) is 126 cm³/mol. The molecule has 0 radical (unpaired) electrons. The van der Waals surface area contributed by atoms with Crippen molar-refractivity contribution in [1.82, 2.24) is 34.1 Å². The molecule has 1 aliphatic heterocycles. The number of hydrogen-bond donors (Lipinski definition) is 0. The molecule has 2 atom stereocenters. The molecule has 0 amide bonds. The fourth-order valence-corrected chi connectivity index (χ4v) is 6.90. The van der Waals surface area contributed by atoms with Crippen LogP contribution in [0.2, 0.25) is 0 Å². The maximum atomic E-state index is 14.0. The fraction of sp³-hybridized carbons (Fsp3) is 0.348. The first kappa shape index (κ1) is 21.6. The van der Waals surface area contributed by atoms with Crippen LogP contribution in [0.25, 0.3) is 5.69 Å². The molecule has 0 saturated carbocycles. The number of piperidine rings is 1. The van der Waals surface area contributed by atoms with E-state index in [-0.39, 0.29) is 17.5 Å². The number of aromatic nitrogens is 6. The molecule has 3 aromatic heterocycles. The molecule has 0 bridgehead atoms. The van der Waals surface area contributed by atoms with Crippen LogP contribution in [0, 0.1) is 17.2 Å². The van der Waals surface area contributed by atoms with E-state index in [1.807, 2.05) is 16.3 Å². The second-order valence-corrected chi connectivity index (χ2v) is 10.8. The number of carbonyl (C=O) groups is 1. The molecular weight excluding hydrogens is 473 g/mol. The van der Waals surface area contributed by atoms with E-state index in [4.69, 9.17) is 0 Å². The van der Waals surface area contributed by atoms with Gasteiger partial charge in [-0.15, -0.1) is 16.4 Å². The molecule has 0 N–H and O–H groups in total. The average molecular weight is 496 g/mol. The number of halogens is 1. The first-order valence-corrected chi connectivity index (χ1v) is 12.7. The Morgan fingerprint density at radius 1 is 1.24 bits per heavy atom. The molecule has 174 valence electrons. The third-order valence-electron chi connectivity index (χ3n) is 6.82. The van der Waals surface area contributed by atoms with E-state index < -0.39 is 5.41 Å². The SMILES string of the molecule is Cn1ncc(SN2CCC3Cc4c(cnn4-c4ccc(F)cc4)CC3(C(=O)c3nccs3)C2)n1. The van der Waals surface area contributed by atoms with Crippen LogP contribution in [0.3, 0.4) is 0 Å². The zero-order valence-corrected chi connectivity index (χ0v) is 20.1. The number of aryl methyl sites for hydroxylation is 1. The van der Waals surface area contributed by atoms with Gasteiger partial charge in [0.05, 0.1) is 23.5 Å². The number of benzene rings is 1. The van der Waals surface area contributed by atoms with E-state index in [1.54, 1.807) is 48.3 Å². The largest absolute Gasteiger partial charge is 0.291 e. The summed E-state index contributed by atoms with van der Waals surface area (Å²) in [5.74, 6) is -0.00560. The summed E-state index contributed by atoms with van der Waals surface area (Å²) >= 11 is 2.95. The van der Waals surface area contributed by atoms with E-state index in [1.165, 1.54) is 23.5 Å². The lowest BCUT2D eigenvalue weighted by Crippen LogP contribution is -2.55. The molecule has 1 saturated heterocycles. The second kappa shape index (κ2) is 8.40. The zero-order valence-electron chi connectivity index (χ0n) is 18.5. The summed E-state index contributed by atoms with van der Waals surface area (Å²) in [4.78, 5) is 19.9. The third kappa shape index (κ3) is 3.68. The van der Waals surface area contributed by atoms with Gasteiger partial charge in [-0.05, 0) is 67.0 Å². The molecule has 11 heteroatoms. The van der Waals surface area contributed by atoms with Gasteiger partial charge in [-0.3, -0.25) is 4.79 Å². The third-order valence-corrected chi connectivity index (χ3v) is 8.53. The molecule has 34 heavy (non-hydrogen) atoms. The number of Topliss-reactive ketones (excluding diaryl/α,β-unsaturated/α-hetero) is 1. The number of ketones is 1. The molecule has 2 aliphatic rings. The summed E-state index contributed by atoms with van der Waals surface area (Å²) in [6.07, 6.45) is 7.52. The number of hydrogen-bond acceptors (Lipinski definition) is 8. The van der Waals surface area contributed by atoms with Gasteiger partial charge in [0.1, 0.15) is 5.82 Å². The minimum Gasteiger partial charge on any atom is -0.291 e. The summed E-state index contributed by atoms with van der Waals surface area (Å²) in [7, 11) is 1.80. The lowest BCUT2D eigenvalue weighted by Gasteiger charge is -2.48. The normalized spacial score (nSPS) is 22.4. The monoisotopic (exact) mass is 495 g/mol. The summed E-state index contributed by atoms with van der Waals surface area (Å²) in [6.45, 7) is 1.46. The number of carbonyl (C=O) groups excluding carboxylic acids is 1. The lowest BCUT2D eigenvalue weighted by atomic mass is 9.61. The molecule has 1 aromatic carbocycles. The van der Waals surface area contributed by atoms with E-state index in [2.05, 4.69) is 24.6 Å². The van der Waals surface area contributed by atoms with Crippen molar-refractivity contribution >= 4 is 29.1 Å². The first-order chi connectivity index (χ1) is 16.5. The van der Waals surface area contributed by atoms with Crippen LogP contribution in [0.15, 0.2) is 53.3 Å². The Balaban J connectivity index is 1.36. The molecule has 0 spiro atoms. The molecule has 8 nitrogen and oxygen atoms in total. The molecule has 2 unspecified atom stereocenters. The van der Waals surface area contributed by atoms with Gasteiger partial charge in [0.15, 0.2) is 15.8 Å². The average Bonchev–Trinajstić information content (AvgIpc) is 3.59. The molecule has 1 fully saturated rings. The van der Waals surface area contributed by atoms with Crippen molar-refractivity contribution < 1.29 is 9.18 Å². The Labute approximate surface area is 203 Å². The maximum absolute atomic E-state index is 14.0. The van der Waals surface area contributed by atoms with Gasteiger partial charge in [-0.2, -0.15) is 15.0 Å². The van der Waals surface area contributed by atoms with Crippen LogP contribution in [-0.2, 0) is 19.9 Å². The van der Waals surface area contributed by atoms with Crippen LogP contribution in [0.5, 0.6) is 0 Å². The summed E-state index contributed by atoms with van der Waals surface area (Å²) in [5, 5.41) is 16.4. The van der Waals surface area contributed by atoms with E-state index in [9.17, 15) is 9.18 Å². The topological polar surface area (TPSA) is 81.7 Å². The Hall–Kier alpha value is -2.89. The van der Waals surface area contributed by atoms with E-state index >= 15 is 0 Å². The number of rotatable bonds is 5. The second-order valence-electron chi connectivity index (χ2n) is 8.82. The van der Waals surface area contributed by atoms with Gasteiger partial charge in [0.25, 0.3) is 0 Å². The highest BCUT2D eigenvalue weighted by Gasteiger charge is 2.53. The number of fused-ring (bicyclic) bond motifs is 2. The lowest BCUT2D eigenvalue weighted by molar-refractivity contribution is 0.0417. The van der Waals surface area contributed by atoms with Crippen molar-refractivity contribution in [1.29, 1.82) is 0 Å². The summed E-state index contributed by atoms with van der Waals surface area (Å²) in [6, 6.07) is 6.38. The van der Waals surface area contributed by atoms with Gasteiger partial charge in [0, 0.05) is 37.4 Å². The predicted octanol–water partition coefficient (Wildman–Crippen LogP) is 3.59. The quantitative estimate of drug-likeness (QED) is 0.309. The van der Waals surface area contributed by atoms with E-state index in [0.717, 1.165) is 41.4 Å². The number of thiazole rings is 1. The highest BCUT2D eigenvalue weighted by atomic mass is 32.2. The Kier molecular flexibility index (Phi) is 5.34. The fourth-order valence-electron chi connectivity index (χ4n) is 5.21. The van der Waals surface area contributed by atoms with Gasteiger partial charge in [-0.25, -0.2) is 18.4 Å². The summed E-state index contributed by atoms with van der Waals surface area (Å²) < 4.78 is 17.6. The van der Waals surface area contributed by atoms with Crippen molar-refractivity contribution in [2.75, 3.05) is 13.1 Å². The van der Waals surface area contributed by atoms with Gasteiger partial charge in [0.2, 0.25) is 0 Å².